The van der Waals surface area contributed by atoms with Crippen LogP contribution in [0, 0.1) is 13.8 Å². The van der Waals surface area contributed by atoms with Crippen LogP contribution in [0.3, 0.4) is 0 Å². The van der Waals surface area contributed by atoms with E-state index in [0.717, 1.165) is 11.1 Å². The van der Waals surface area contributed by atoms with Crippen molar-refractivity contribution in [2.24, 2.45) is 0 Å². The first-order valence-electron chi connectivity index (χ1n) is 5.74. The van der Waals surface area contributed by atoms with Gasteiger partial charge in [-0.15, -0.1) is 0 Å². The molecule has 1 aromatic rings. The number of hydrogen-bond donors (Lipinski definition) is 1. The monoisotopic (exact) mass is 256 g/mol. The molecule has 0 aromatic heterocycles. The van der Waals surface area contributed by atoms with Crippen LogP contribution in [0.2, 0.25) is 0 Å². The molecule has 4 heteroatoms. The SMILES string of the molecule is Cc1ccc(S(=O)(=O)C(C)CC(C)O)cc1C. The number of sulfone groups is 1. The average Bonchev–Trinajstić information content (AvgIpc) is 2.20. The van der Waals surface area contributed by atoms with Crippen molar-refractivity contribution in [3.63, 3.8) is 0 Å². The molecule has 1 aromatic carbocycles. The van der Waals surface area contributed by atoms with Gasteiger partial charge in [-0.05, 0) is 57.4 Å². The molecule has 17 heavy (non-hydrogen) atoms. The summed E-state index contributed by atoms with van der Waals surface area (Å²) in [5.74, 6) is 0. The molecule has 2 atom stereocenters. The molecule has 0 saturated heterocycles. The molecule has 0 saturated carbocycles. The molecule has 0 bridgehead atoms. The first-order chi connectivity index (χ1) is 7.75. The lowest BCUT2D eigenvalue weighted by Crippen LogP contribution is -2.22. The molecular weight excluding hydrogens is 236 g/mol. The van der Waals surface area contributed by atoms with Crippen LogP contribution in [0.15, 0.2) is 23.1 Å². The van der Waals surface area contributed by atoms with E-state index in [1.165, 1.54) is 0 Å². The van der Waals surface area contributed by atoms with E-state index in [9.17, 15) is 13.5 Å². The molecular formula is C13H20O3S. The maximum Gasteiger partial charge on any atom is 0.181 e. The van der Waals surface area contributed by atoms with Crippen molar-refractivity contribution >= 4 is 9.84 Å². The number of aliphatic hydroxyl groups excluding tert-OH is 1. The Balaban J connectivity index is 3.09. The normalized spacial score (nSPS) is 15.6. The Kier molecular flexibility index (Phi) is 4.33. The molecule has 2 unspecified atom stereocenters. The van der Waals surface area contributed by atoms with Crippen LogP contribution in [0.5, 0.6) is 0 Å². The standard InChI is InChI=1S/C13H20O3S/c1-9-5-6-13(7-10(9)2)17(15,16)12(4)8-11(3)14/h5-7,11-12,14H,8H2,1-4H3. The van der Waals surface area contributed by atoms with Gasteiger partial charge in [-0.2, -0.15) is 0 Å². The Bertz CT molecular complexity index is 489. The van der Waals surface area contributed by atoms with Crippen LogP contribution in [0.25, 0.3) is 0 Å². The van der Waals surface area contributed by atoms with Crippen LogP contribution >= 0.6 is 0 Å². The average molecular weight is 256 g/mol. The summed E-state index contributed by atoms with van der Waals surface area (Å²) in [5, 5.41) is 8.70. The fourth-order valence-corrected chi connectivity index (χ4v) is 3.33. The zero-order valence-electron chi connectivity index (χ0n) is 10.8. The summed E-state index contributed by atoms with van der Waals surface area (Å²) in [7, 11) is -3.33. The van der Waals surface area contributed by atoms with Gasteiger partial charge < -0.3 is 5.11 Å². The molecule has 1 N–H and O–H groups in total. The number of hydrogen-bond acceptors (Lipinski definition) is 3. The van der Waals surface area contributed by atoms with E-state index in [-0.39, 0.29) is 6.42 Å². The molecule has 0 aliphatic heterocycles. The zero-order valence-corrected chi connectivity index (χ0v) is 11.6. The maximum absolute atomic E-state index is 12.2. The molecule has 0 aliphatic rings. The van der Waals surface area contributed by atoms with Crippen molar-refractivity contribution in [1.82, 2.24) is 0 Å². The Labute approximate surface area is 103 Å². The van der Waals surface area contributed by atoms with Crippen molar-refractivity contribution in [2.45, 2.75) is 50.4 Å². The number of aryl methyl sites for hydroxylation is 2. The van der Waals surface area contributed by atoms with Gasteiger partial charge in [0.1, 0.15) is 0 Å². The molecule has 1 rings (SSSR count). The highest BCUT2D eigenvalue weighted by Gasteiger charge is 2.24. The Hall–Kier alpha value is -0.870. The first kappa shape index (κ1) is 14.2. The van der Waals surface area contributed by atoms with Gasteiger partial charge in [0.15, 0.2) is 9.84 Å². The summed E-state index contributed by atoms with van der Waals surface area (Å²) in [6.45, 7) is 7.09. The predicted molar refractivity (Wildman–Crippen MR) is 68.9 cm³/mol. The fourth-order valence-electron chi connectivity index (χ4n) is 1.73. The molecule has 0 spiro atoms. The lowest BCUT2D eigenvalue weighted by Gasteiger charge is -2.15. The summed E-state index contributed by atoms with van der Waals surface area (Å²) in [5.41, 5.74) is 2.04. The largest absolute Gasteiger partial charge is 0.393 e. The quantitative estimate of drug-likeness (QED) is 0.899. The minimum Gasteiger partial charge on any atom is -0.393 e. The summed E-state index contributed by atoms with van der Waals surface area (Å²) >= 11 is 0. The van der Waals surface area contributed by atoms with Gasteiger partial charge in [-0.3, -0.25) is 0 Å². The molecule has 0 fully saturated rings. The van der Waals surface area contributed by atoms with Crippen molar-refractivity contribution in [3.05, 3.63) is 29.3 Å². The van der Waals surface area contributed by atoms with Gasteiger partial charge >= 0.3 is 0 Å². The minimum atomic E-state index is -3.33. The highest BCUT2D eigenvalue weighted by molar-refractivity contribution is 7.92. The van der Waals surface area contributed by atoms with Crippen LogP contribution in [-0.2, 0) is 9.84 Å². The number of benzene rings is 1. The number of aliphatic hydroxyl groups is 1. The fraction of sp³-hybridized carbons (Fsp3) is 0.538. The zero-order chi connectivity index (χ0) is 13.2. The van der Waals surface area contributed by atoms with Gasteiger partial charge in [-0.25, -0.2) is 8.42 Å². The van der Waals surface area contributed by atoms with Crippen LogP contribution in [0.4, 0.5) is 0 Å². The molecule has 0 heterocycles. The third kappa shape index (κ3) is 3.30. The van der Waals surface area contributed by atoms with Gasteiger partial charge in [0, 0.05) is 0 Å². The summed E-state index contributed by atoms with van der Waals surface area (Å²) in [6.07, 6.45) is -0.346. The van der Waals surface area contributed by atoms with Gasteiger partial charge in [-0.1, -0.05) is 6.07 Å². The molecule has 0 amide bonds. The highest BCUT2D eigenvalue weighted by Crippen LogP contribution is 2.21. The second-order valence-electron chi connectivity index (χ2n) is 4.69. The van der Waals surface area contributed by atoms with Crippen molar-refractivity contribution in [3.8, 4) is 0 Å². The maximum atomic E-state index is 12.2. The van der Waals surface area contributed by atoms with Crippen molar-refractivity contribution in [1.29, 1.82) is 0 Å². The summed E-state index contributed by atoms with van der Waals surface area (Å²) in [6, 6.07) is 5.15. The summed E-state index contributed by atoms with van der Waals surface area (Å²) < 4.78 is 24.4. The molecule has 0 radical (unpaired) electrons. The second kappa shape index (κ2) is 5.19. The van der Waals surface area contributed by atoms with E-state index < -0.39 is 21.2 Å². The Morgan fingerprint density at radius 2 is 1.76 bits per heavy atom. The number of rotatable bonds is 4. The van der Waals surface area contributed by atoms with Gasteiger partial charge in [0.25, 0.3) is 0 Å². The topological polar surface area (TPSA) is 54.4 Å². The van der Waals surface area contributed by atoms with E-state index in [2.05, 4.69) is 0 Å². The third-order valence-corrected chi connectivity index (χ3v) is 5.17. The van der Waals surface area contributed by atoms with Gasteiger partial charge in [0.05, 0.1) is 16.2 Å². The Morgan fingerprint density at radius 1 is 1.18 bits per heavy atom. The predicted octanol–water partition coefficient (Wildman–Crippen LogP) is 2.24. The molecule has 0 aliphatic carbocycles. The molecule has 96 valence electrons. The van der Waals surface area contributed by atoms with E-state index in [4.69, 9.17) is 0 Å². The van der Waals surface area contributed by atoms with Crippen LogP contribution in [0.1, 0.15) is 31.4 Å². The van der Waals surface area contributed by atoms with Crippen LogP contribution < -0.4 is 0 Å². The third-order valence-electron chi connectivity index (χ3n) is 3.01. The molecule has 3 nitrogen and oxygen atoms in total. The lowest BCUT2D eigenvalue weighted by atomic mass is 10.1. The minimum absolute atomic E-state index is 0.259. The van der Waals surface area contributed by atoms with E-state index in [1.54, 1.807) is 26.0 Å². The highest BCUT2D eigenvalue weighted by atomic mass is 32.2. The van der Waals surface area contributed by atoms with Crippen LogP contribution in [-0.4, -0.2) is 24.9 Å². The van der Waals surface area contributed by atoms with E-state index in [0.29, 0.717) is 4.90 Å². The lowest BCUT2D eigenvalue weighted by molar-refractivity contribution is 0.184. The smallest absolute Gasteiger partial charge is 0.181 e. The van der Waals surface area contributed by atoms with E-state index in [1.807, 2.05) is 19.9 Å². The second-order valence-corrected chi connectivity index (χ2v) is 7.05. The van der Waals surface area contributed by atoms with Crippen molar-refractivity contribution in [2.75, 3.05) is 0 Å². The van der Waals surface area contributed by atoms with Gasteiger partial charge in [0.2, 0.25) is 0 Å². The Morgan fingerprint density at radius 3 is 2.24 bits per heavy atom. The first-order valence-corrected chi connectivity index (χ1v) is 7.29. The summed E-state index contributed by atoms with van der Waals surface area (Å²) in [4.78, 5) is 0.341. The van der Waals surface area contributed by atoms with Crippen molar-refractivity contribution < 1.29 is 13.5 Å². The van der Waals surface area contributed by atoms with E-state index >= 15 is 0 Å².